The van der Waals surface area contributed by atoms with Crippen molar-refractivity contribution in [1.82, 2.24) is 0 Å². The molecule has 1 aliphatic rings. The highest BCUT2D eigenvalue weighted by molar-refractivity contribution is 6.35. The van der Waals surface area contributed by atoms with Gasteiger partial charge < -0.3 is 0 Å². The minimum Gasteiger partial charge on any atom is -0.279 e. The largest absolute Gasteiger partial charge is 0.279 e. The Hall–Kier alpha value is -3.73. The first kappa shape index (κ1) is 15.8. The van der Waals surface area contributed by atoms with Gasteiger partial charge in [-0.05, 0) is 30.3 Å². The minimum atomic E-state index is -0.335. The molecule has 0 atom stereocenters. The van der Waals surface area contributed by atoms with E-state index < -0.39 is 0 Å². The van der Waals surface area contributed by atoms with Gasteiger partial charge in [0.25, 0.3) is 11.8 Å². The molecule has 0 fully saturated rings. The van der Waals surface area contributed by atoms with Crippen LogP contribution in [0.25, 0.3) is 0 Å². The minimum absolute atomic E-state index is 0.317. The highest BCUT2D eigenvalue weighted by atomic mass is 16.2. The van der Waals surface area contributed by atoms with Crippen LogP contribution >= 0.6 is 0 Å². The number of carbonyl (C=O) groups is 2. The number of fused-ring (bicyclic) bond motifs is 1. The third kappa shape index (κ3) is 2.75. The molecule has 26 heavy (non-hydrogen) atoms. The van der Waals surface area contributed by atoms with Gasteiger partial charge in [-0.3, -0.25) is 15.0 Å². The second-order valence-electron chi connectivity index (χ2n) is 5.79. The Morgan fingerprint density at radius 3 is 2.19 bits per heavy atom. The second kappa shape index (κ2) is 6.64. The lowest BCUT2D eigenvalue weighted by Gasteiger charge is -2.13. The average Bonchev–Trinajstić information content (AvgIpc) is 2.95. The number of nitrogens with one attached hydrogen (secondary N) is 1. The number of hydrogen-bond donors (Lipinski definition) is 1. The molecule has 1 aliphatic heterocycles. The summed E-state index contributed by atoms with van der Waals surface area (Å²) in [4.78, 5) is 26.8. The lowest BCUT2D eigenvalue weighted by Crippen LogP contribution is -2.29. The van der Waals surface area contributed by atoms with E-state index in [4.69, 9.17) is 0 Å². The van der Waals surface area contributed by atoms with E-state index in [0.717, 1.165) is 5.69 Å². The summed E-state index contributed by atoms with van der Waals surface area (Å²) < 4.78 is 0. The summed E-state index contributed by atoms with van der Waals surface area (Å²) in [5, 5.41) is 4.19. The third-order valence-electron chi connectivity index (χ3n) is 4.13. The van der Waals surface area contributed by atoms with E-state index in [9.17, 15) is 9.59 Å². The molecule has 0 bridgehead atoms. The van der Waals surface area contributed by atoms with E-state index in [2.05, 4.69) is 10.5 Å². The number of rotatable bonds is 4. The Labute approximate surface area is 150 Å². The van der Waals surface area contributed by atoms with E-state index in [1.807, 2.05) is 36.4 Å². The maximum Gasteiger partial charge on any atom is 0.266 e. The van der Waals surface area contributed by atoms with Crippen LogP contribution in [0, 0.1) is 0 Å². The Morgan fingerprint density at radius 1 is 0.769 bits per heavy atom. The van der Waals surface area contributed by atoms with Crippen molar-refractivity contribution in [2.24, 2.45) is 5.10 Å². The van der Waals surface area contributed by atoms with Crippen molar-refractivity contribution < 1.29 is 9.59 Å². The molecule has 0 saturated heterocycles. The van der Waals surface area contributed by atoms with Crippen LogP contribution in [-0.4, -0.2) is 18.0 Å². The van der Waals surface area contributed by atoms with Crippen LogP contribution in [0.3, 0.4) is 0 Å². The second-order valence-corrected chi connectivity index (χ2v) is 5.79. The summed E-state index contributed by atoms with van der Waals surface area (Å²) >= 11 is 0. The Balaban J connectivity index is 1.66. The number of amides is 2. The van der Waals surface area contributed by atoms with Crippen molar-refractivity contribution in [2.75, 3.05) is 10.3 Å². The number of hydrogen-bond acceptors (Lipinski definition) is 4. The molecule has 0 spiro atoms. The zero-order valence-electron chi connectivity index (χ0n) is 13.8. The van der Waals surface area contributed by atoms with Crippen molar-refractivity contribution in [3.63, 3.8) is 0 Å². The Kier molecular flexibility index (Phi) is 4.03. The lowest BCUT2D eigenvalue weighted by molar-refractivity contribution is 0.0926. The Bertz CT molecular complexity index is 998. The number of carbonyl (C=O) groups excluding carboxylic acids is 2. The maximum absolute atomic E-state index is 12.9. The smallest absolute Gasteiger partial charge is 0.266 e. The highest BCUT2D eigenvalue weighted by Gasteiger charge is 2.37. The van der Waals surface area contributed by atoms with Gasteiger partial charge in [-0.2, -0.15) is 5.10 Å². The van der Waals surface area contributed by atoms with Crippen LogP contribution in [0.15, 0.2) is 84.0 Å². The third-order valence-corrected chi connectivity index (χ3v) is 4.13. The zero-order valence-corrected chi connectivity index (χ0v) is 13.8. The van der Waals surface area contributed by atoms with Crippen LogP contribution in [0.5, 0.6) is 0 Å². The van der Waals surface area contributed by atoms with Crippen molar-refractivity contribution in [2.45, 2.75) is 0 Å². The molecule has 5 heteroatoms. The van der Waals surface area contributed by atoms with Crippen LogP contribution in [0.1, 0.15) is 26.3 Å². The van der Waals surface area contributed by atoms with E-state index in [-0.39, 0.29) is 11.8 Å². The molecular formula is C21H15N3O2. The molecule has 0 aliphatic carbocycles. The molecule has 0 radical (unpaired) electrons. The summed E-state index contributed by atoms with van der Waals surface area (Å²) in [5.41, 5.74) is 5.68. The molecule has 126 valence electrons. The fraction of sp³-hybridized carbons (Fsp3) is 0. The van der Waals surface area contributed by atoms with Gasteiger partial charge in [-0.1, -0.05) is 48.5 Å². The van der Waals surface area contributed by atoms with Gasteiger partial charge in [0, 0.05) is 5.56 Å². The fourth-order valence-electron chi connectivity index (χ4n) is 2.92. The summed E-state index contributed by atoms with van der Waals surface area (Å²) in [6, 6.07) is 23.6. The number of hydrazone groups is 1. The SMILES string of the molecule is O=C1c2cccc(/C=N/Nc3ccccc3)c2C(=O)N1c1ccccc1. The number of nitrogens with zero attached hydrogens (tertiary/aromatic N) is 2. The number of benzene rings is 3. The van der Waals surface area contributed by atoms with Crippen LogP contribution in [-0.2, 0) is 0 Å². The van der Waals surface area contributed by atoms with E-state index in [1.54, 1.807) is 48.7 Å². The summed E-state index contributed by atoms with van der Waals surface area (Å²) in [7, 11) is 0. The molecular weight excluding hydrogens is 326 g/mol. The number of anilines is 2. The van der Waals surface area contributed by atoms with Crippen molar-refractivity contribution in [3.8, 4) is 0 Å². The molecule has 4 rings (SSSR count). The highest BCUT2D eigenvalue weighted by Crippen LogP contribution is 2.29. The summed E-state index contributed by atoms with van der Waals surface area (Å²) in [6.07, 6.45) is 1.56. The number of imide groups is 1. The van der Waals surface area contributed by atoms with Gasteiger partial charge in [-0.25, -0.2) is 4.90 Å². The Morgan fingerprint density at radius 2 is 1.46 bits per heavy atom. The van der Waals surface area contributed by atoms with Crippen molar-refractivity contribution in [1.29, 1.82) is 0 Å². The lowest BCUT2D eigenvalue weighted by atomic mass is 10.0. The first-order chi connectivity index (χ1) is 12.8. The number of para-hydroxylation sites is 2. The first-order valence-electron chi connectivity index (χ1n) is 8.16. The van der Waals surface area contributed by atoms with Crippen LogP contribution in [0.2, 0.25) is 0 Å². The van der Waals surface area contributed by atoms with Crippen LogP contribution in [0.4, 0.5) is 11.4 Å². The van der Waals surface area contributed by atoms with Gasteiger partial charge >= 0.3 is 0 Å². The van der Waals surface area contributed by atoms with E-state index >= 15 is 0 Å². The van der Waals surface area contributed by atoms with Gasteiger partial charge in [0.05, 0.1) is 28.7 Å². The molecule has 2 amide bonds. The van der Waals surface area contributed by atoms with E-state index in [1.165, 1.54) is 4.90 Å². The predicted octanol–water partition coefficient (Wildman–Crippen LogP) is 3.93. The molecule has 1 N–H and O–H groups in total. The molecule has 5 nitrogen and oxygen atoms in total. The van der Waals surface area contributed by atoms with E-state index in [0.29, 0.717) is 22.4 Å². The molecule has 3 aromatic carbocycles. The molecule has 1 heterocycles. The molecule has 0 unspecified atom stereocenters. The fourth-order valence-corrected chi connectivity index (χ4v) is 2.92. The summed E-state index contributed by atoms with van der Waals surface area (Å²) in [5.74, 6) is -0.652. The molecule has 0 saturated carbocycles. The van der Waals surface area contributed by atoms with Crippen molar-refractivity contribution in [3.05, 3.63) is 95.6 Å². The predicted molar refractivity (Wildman–Crippen MR) is 102 cm³/mol. The molecule has 0 aromatic heterocycles. The normalized spacial score (nSPS) is 13.3. The topological polar surface area (TPSA) is 61.8 Å². The molecule has 3 aromatic rings. The maximum atomic E-state index is 12.9. The van der Waals surface area contributed by atoms with Gasteiger partial charge in [0.1, 0.15) is 0 Å². The average molecular weight is 341 g/mol. The monoisotopic (exact) mass is 341 g/mol. The van der Waals surface area contributed by atoms with Gasteiger partial charge in [-0.15, -0.1) is 0 Å². The zero-order chi connectivity index (χ0) is 17.9. The first-order valence-corrected chi connectivity index (χ1v) is 8.16. The van der Waals surface area contributed by atoms with Crippen molar-refractivity contribution >= 4 is 29.4 Å². The van der Waals surface area contributed by atoms with Crippen LogP contribution < -0.4 is 10.3 Å². The van der Waals surface area contributed by atoms with Gasteiger partial charge in [0.15, 0.2) is 0 Å². The standard InChI is InChI=1S/C21H15N3O2/c25-20-18-13-7-8-15(14-22-23-16-9-3-1-4-10-16)19(18)21(26)24(20)17-11-5-2-6-12-17/h1-14,23H/b22-14+. The quantitative estimate of drug-likeness (QED) is 0.444. The van der Waals surface area contributed by atoms with Gasteiger partial charge in [0.2, 0.25) is 0 Å². The summed E-state index contributed by atoms with van der Waals surface area (Å²) in [6.45, 7) is 0.